The molecule has 0 rings (SSSR count). The second-order valence-corrected chi connectivity index (χ2v) is 6.47. The van der Waals surface area contributed by atoms with Crippen LogP contribution in [0.15, 0.2) is 0 Å². The third-order valence-electron chi connectivity index (χ3n) is 2.80. The molecule has 19 heavy (non-hydrogen) atoms. The number of rotatable bonds is 10. The predicted octanol–water partition coefficient (Wildman–Crippen LogP) is 4.47. The summed E-state index contributed by atoms with van der Waals surface area (Å²) in [6.07, 6.45) is 2.22. The first-order valence-electron chi connectivity index (χ1n) is 7.19. The van der Waals surface area contributed by atoms with Gasteiger partial charge >= 0.3 is 0 Å². The van der Waals surface area contributed by atoms with Gasteiger partial charge in [0.1, 0.15) is 6.61 Å². The molecular weight excluding hydrogens is 259 g/mol. The van der Waals surface area contributed by atoms with Crippen LogP contribution in [0.2, 0.25) is 0 Å². The standard InChI is InChI=1S/C14H29N2O2P/c1-8-14(9-2)18-19(17-11-10-15-7)16(12(3)4)13(5)6/h12-14H,8-11H2,1-6H3. The molecule has 112 valence electrons. The van der Waals surface area contributed by atoms with E-state index in [2.05, 4.69) is 51.1 Å². The van der Waals surface area contributed by atoms with Crippen molar-refractivity contribution in [3.63, 3.8) is 0 Å². The zero-order valence-electron chi connectivity index (χ0n) is 13.2. The fraction of sp³-hybridized carbons (Fsp3) is 0.929. The molecule has 0 aliphatic carbocycles. The molecule has 0 fully saturated rings. The highest BCUT2D eigenvalue weighted by Gasteiger charge is 2.29. The quantitative estimate of drug-likeness (QED) is 0.337. The van der Waals surface area contributed by atoms with Crippen LogP contribution >= 0.6 is 8.53 Å². The van der Waals surface area contributed by atoms with Crippen molar-refractivity contribution in [2.24, 2.45) is 0 Å². The second-order valence-electron chi connectivity index (χ2n) is 5.06. The molecule has 0 aromatic rings. The lowest BCUT2D eigenvalue weighted by Gasteiger charge is -2.36. The van der Waals surface area contributed by atoms with Crippen LogP contribution in [-0.4, -0.2) is 36.0 Å². The van der Waals surface area contributed by atoms with Crippen molar-refractivity contribution in [1.82, 2.24) is 4.67 Å². The molecule has 0 N–H and O–H groups in total. The van der Waals surface area contributed by atoms with Crippen molar-refractivity contribution in [3.8, 4) is 0 Å². The molecule has 0 amide bonds. The highest BCUT2D eigenvalue weighted by molar-refractivity contribution is 7.44. The Kier molecular flexibility index (Phi) is 10.5. The maximum absolute atomic E-state index is 6.83. The zero-order chi connectivity index (χ0) is 14.8. The maximum atomic E-state index is 6.83. The van der Waals surface area contributed by atoms with Crippen molar-refractivity contribution in [2.75, 3.05) is 13.2 Å². The molecule has 0 aromatic heterocycles. The van der Waals surface area contributed by atoms with E-state index >= 15 is 0 Å². The summed E-state index contributed by atoms with van der Waals surface area (Å²) < 4.78 is 14.3. The average molecular weight is 288 g/mol. The number of hydrogen-bond donors (Lipinski definition) is 0. The van der Waals surface area contributed by atoms with E-state index in [4.69, 9.17) is 15.6 Å². The van der Waals surface area contributed by atoms with Crippen LogP contribution in [0.1, 0.15) is 54.4 Å². The van der Waals surface area contributed by atoms with Gasteiger partial charge < -0.3 is 13.9 Å². The Labute approximate surface area is 120 Å². The Bertz CT molecular complexity index is 255. The minimum Gasteiger partial charge on any atom is -0.319 e. The van der Waals surface area contributed by atoms with E-state index in [1.807, 2.05) is 0 Å². The fourth-order valence-electron chi connectivity index (χ4n) is 1.85. The molecular formula is C14H29N2O2P. The molecule has 0 aromatic carbocycles. The third-order valence-corrected chi connectivity index (χ3v) is 4.98. The molecule has 0 bridgehead atoms. The van der Waals surface area contributed by atoms with Crippen LogP contribution in [0.4, 0.5) is 0 Å². The maximum Gasteiger partial charge on any atom is 0.259 e. The highest BCUT2D eigenvalue weighted by Crippen LogP contribution is 2.47. The SMILES string of the molecule is [C-]#[N+]CCOP(OC(CC)CC)N(C(C)C)C(C)C. The third kappa shape index (κ3) is 7.22. The lowest BCUT2D eigenvalue weighted by atomic mass is 10.2. The highest BCUT2D eigenvalue weighted by atomic mass is 31.2. The van der Waals surface area contributed by atoms with Gasteiger partial charge in [0.05, 0.1) is 6.10 Å². The van der Waals surface area contributed by atoms with Gasteiger partial charge in [-0.15, -0.1) is 0 Å². The second kappa shape index (κ2) is 10.6. The predicted molar refractivity (Wildman–Crippen MR) is 81.9 cm³/mol. The van der Waals surface area contributed by atoms with Gasteiger partial charge in [-0.1, -0.05) is 13.8 Å². The molecule has 1 atom stereocenters. The van der Waals surface area contributed by atoms with Crippen molar-refractivity contribution < 1.29 is 9.05 Å². The molecule has 0 aliphatic heterocycles. The molecule has 1 unspecified atom stereocenters. The fourth-order valence-corrected chi connectivity index (χ4v) is 3.70. The van der Waals surface area contributed by atoms with Crippen LogP contribution < -0.4 is 0 Å². The Morgan fingerprint density at radius 3 is 2.00 bits per heavy atom. The van der Waals surface area contributed by atoms with Gasteiger partial charge in [0.15, 0.2) is 0 Å². The van der Waals surface area contributed by atoms with E-state index in [-0.39, 0.29) is 6.10 Å². The van der Waals surface area contributed by atoms with Gasteiger partial charge in [-0.3, -0.25) is 0 Å². The molecule has 0 heterocycles. The van der Waals surface area contributed by atoms with Crippen LogP contribution in [0.5, 0.6) is 0 Å². The van der Waals surface area contributed by atoms with Crippen LogP contribution in [0, 0.1) is 6.57 Å². The Hall–Kier alpha value is -0.200. The first-order chi connectivity index (χ1) is 8.97. The van der Waals surface area contributed by atoms with E-state index in [1.54, 1.807) is 0 Å². The summed E-state index contributed by atoms with van der Waals surface area (Å²) in [5.74, 6) is 0. The van der Waals surface area contributed by atoms with Gasteiger partial charge in [0.2, 0.25) is 6.54 Å². The first-order valence-corrected chi connectivity index (χ1v) is 8.32. The largest absolute Gasteiger partial charge is 0.319 e. The minimum absolute atomic E-state index is 0.235. The molecule has 4 nitrogen and oxygen atoms in total. The van der Waals surface area contributed by atoms with Crippen molar-refractivity contribution >= 4 is 8.53 Å². The molecule has 5 heteroatoms. The lowest BCUT2D eigenvalue weighted by Crippen LogP contribution is -2.34. The van der Waals surface area contributed by atoms with E-state index in [0.29, 0.717) is 25.2 Å². The summed E-state index contributed by atoms with van der Waals surface area (Å²) in [5, 5.41) is 0. The molecule has 0 saturated carbocycles. The van der Waals surface area contributed by atoms with Crippen molar-refractivity contribution in [2.45, 2.75) is 72.6 Å². The number of hydrogen-bond acceptors (Lipinski definition) is 3. The summed E-state index contributed by atoms with van der Waals surface area (Å²) >= 11 is 0. The molecule has 0 saturated heterocycles. The van der Waals surface area contributed by atoms with Gasteiger partial charge in [-0.25, -0.2) is 11.2 Å². The number of nitrogens with zero attached hydrogens (tertiary/aromatic N) is 2. The van der Waals surface area contributed by atoms with Gasteiger partial charge in [-0.2, -0.15) is 0 Å². The van der Waals surface area contributed by atoms with Crippen LogP contribution in [0.3, 0.4) is 0 Å². The van der Waals surface area contributed by atoms with E-state index in [9.17, 15) is 0 Å². The Morgan fingerprint density at radius 2 is 1.63 bits per heavy atom. The smallest absolute Gasteiger partial charge is 0.259 e. The van der Waals surface area contributed by atoms with Crippen LogP contribution in [-0.2, 0) is 9.05 Å². The first kappa shape index (κ1) is 18.8. The average Bonchev–Trinajstić information content (AvgIpc) is 2.34. The summed E-state index contributed by atoms with van der Waals surface area (Å²) in [6.45, 7) is 20.6. The minimum atomic E-state index is -1.08. The zero-order valence-corrected chi connectivity index (χ0v) is 14.1. The van der Waals surface area contributed by atoms with Crippen molar-refractivity contribution in [3.05, 3.63) is 11.4 Å². The molecule has 0 radical (unpaired) electrons. The molecule has 0 aliphatic rings. The molecule has 0 spiro atoms. The lowest BCUT2D eigenvalue weighted by molar-refractivity contribution is 0.128. The van der Waals surface area contributed by atoms with Gasteiger partial charge in [-0.05, 0) is 40.5 Å². The van der Waals surface area contributed by atoms with Crippen LogP contribution in [0.25, 0.3) is 4.85 Å². The Balaban J connectivity index is 4.75. The van der Waals surface area contributed by atoms with Crippen molar-refractivity contribution in [1.29, 1.82) is 0 Å². The van der Waals surface area contributed by atoms with E-state index < -0.39 is 8.53 Å². The van der Waals surface area contributed by atoms with Gasteiger partial charge in [0.25, 0.3) is 8.53 Å². The van der Waals surface area contributed by atoms with Gasteiger partial charge in [0, 0.05) is 12.1 Å². The van der Waals surface area contributed by atoms with E-state index in [1.165, 1.54) is 0 Å². The van der Waals surface area contributed by atoms with E-state index in [0.717, 1.165) is 12.8 Å². The summed E-state index contributed by atoms with van der Waals surface area (Å²) in [5.41, 5.74) is 0. The summed E-state index contributed by atoms with van der Waals surface area (Å²) in [4.78, 5) is 3.34. The monoisotopic (exact) mass is 288 g/mol. The summed E-state index contributed by atoms with van der Waals surface area (Å²) in [7, 11) is -1.08. The Morgan fingerprint density at radius 1 is 1.11 bits per heavy atom. The topological polar surface area (TPSA) is 26.1 Å². The summed E-state index contributed by atoms with van der Waals surface area (Å²) in [6, 6.07) is 0.738. The normalized spacial score (nSPS) is 13.5.